The highest BCUT2D eigenvalue weighted by Gasteiger charge is 2.26. The van der Waals surface area contributed by atoms with E-state index in [4.69, 9.17) is 0 Å². The molecule has 0 heterocycles. The van der Waals surface area contributed by atoms with Crippen molar-refractivity contribution in [1.29, 1.82) is 0 Å². The lowest BCUT2D eigenvalue weighted by Gasteiger charge is -2.21. The molecule has 6 nitrogen and oxygen atoms in total. The maximum atomic E-state index is 13.2. The fourth-order valence-electron chi connectivity index (χ4n) is 2.94. The molecule has 0 atom stereocenters. The van der Waals surface area contributed by atoms with Crippen LogP contribution in [0, 0.1) is 6.92 Å². The Morgan fingerprint density at radius 2 is 1.66 bits per heavy atom. The Hall–Kier alpha value is -2.94. The fourth-order valence-corrected chi connectivity index (χ4v) is 4.73. The van der Waals surface area contributed by atoms with E-state index in [1.807, 2.05) is 67.8 Å². The van der Waals surface area contributed by atoms with E-state index in [0.29, 0.717) is 0 Å². The first-order valence-corrected chi connectivity index (χ1v) is 12.6. The first kappa shape index (κ1) is 23.7. The van der Waals surface area contributed by atoms with E-state index < -0.39 is 15.9 Å². The average molecular weight is 468 g/mol. The van der Waals surface area contributed by atoms with Crippen LogP contribution in [0.4, 0.5) is 0 Å². The summed E-state index contributed by atoms with van der Waals surface area (Å²) in [6.45, 7) is 1.61. The average Bonchev–Trinajstić information content (AvgIpc) is 2.80. The summed E-state index contributed by atoms with van der Waals surface area (Å²) < 4.78 is 27.6. The molecule has 3 rings (SSSR count). The maximum Gasteiger partial charge on any atom is 0.255 e. The zero-order chi connectivity index (χ0) is 23.0. The molecule has 8 heteroatoms. The molecule has 0 aliphatic heterocycles. The van der Waals surface area contributed by atoms with Gasteiger partial charge in [0, 0.05) is 11.4 Å². The Morgan fingerprint density at radius 1 is 1.00 bits per heavy atom. The lowest BCUT2D eigenvalue weighted by Crippen LogP contribution is -2.39. The summed E-state index contributed by atoms with van der Waals surface area (Å²) in [7, 11) is -3.88. The van der Waals surface area contributed by atoms with Crippen LogP contribution in [-0.4, -0.2) is 37.6 Å². The van der Waals surface area contributed by atoms with Crippen LogP contribution in [0.3, 0.4) is 0 Å². The Morgan fingerprint density at radius 3 is 2.28 bits per heavy atom. The molecule has 166 valence electrons. The second kappa shape index (κ2) is 11.1. The summed E-state index contributed by atoms with van der Waals surface area (Å²) in [4.78, 5) is 13.8. The number of hydrazone groups is 1. The largest absolute Gasteiger partial charge is 0.272 e. The molecule has 0 aromatic heterocycles. The van der Waals surface area contributed by atoms with Crippen molar-refractivity contribution < 1.29 is 13.2 Å². The molecule has 0 radical (unpaired) electrons. The molecule has 0 saturated heterocycles. The summed E-state index contributed by atoms with van der Waals surface area (Å²) in [6.07, 6.45) is 3.52. The van der Waals surface area contributed by atoms with Gasteiger partial charge in [0.25, 0.3) is 5.91 Å². The third-order valence-corrected chi connectivity index (χ3v) is 7.25. The molecule has 1 amide bonds. The Bertz CT molecular complexity index is 1160. The maximum absolute atomic E-state index is 13.2. The Labute approximate surface area is 193 Å². The smallest absolute Gasteiger partial charge is 0.255 e. The number of carbonyl (C=O) groups excluding carboxylic acids is 1. The Balaban J connectivity index is 1.74. The minimum absolute atomic E-state index is 0.0737. The van der Waals surface area contributed by atoms with E-state index in [1.54, 1.807) is 36.0 Å². The molecule has 1 N–H and O–H groups in total. The minimum Gasteiger partial charge on any atom is -0.272 e. The zero-order valence-corrected chi connectivity index (χ0v) is 19.6. The van der Waals surface area contributed by atoms with Crippen molar-refractivity contribution in [2.45, 2.75) is 23.3 Å². The van der Waals surface area contributed by atoms with Crippen LogP contribution in [0.25, 0.3) is 0 Å². The van der Waals surface area contributed by atoms with Crippen LogP contribution in [0.1, 0.15) is 16.7 Å². The molecule has 0 spiro atoms. The van der Waals surface area contributed by atoms with E-state index in [2.05, 4.69) is 10.5 Å². The standard InChI is InChI=1S/C24H25N3O3S2/c1-19-8-14-23(15-9-19)32(29,30)27(17-21-6-4-3-5-7-21)18-24(28)26-25-16-20-10-12-22(31-2)13-11-20/h3-16H,17-18H2,1-2H3,(H,26,28)/b25-16-. The Kier molecular flexibility index (Phi) is 8.21. The number of rotatable bonds is 9. The van der Waals surface area contributed by atoms with E-state index in [9.17, 15) is 13.2 Å². The lowest BCUT2D eigenvalue weighted by molar-refractivity contribution is -0.121. The number of benzene rings is 3. The van der Waals surface area contributed by atoms with E-state index in [1.165, 1.54) is 6.21 Å². The first-order valence-electron chi connectivity index (χ1n) is 9.95. The van der Waals surface area contributed by atoms with Gasteiger partial charge in [0.05, 0.1) is 17.7 Å². The van der Waals surface area contributed by atoms with Crippen LogP contribution in [0.2, 0.25) is 0 Å². The first-order chi connectivity index (χ1) is 15.4. The van der Waals surface area contributed by atoms with Gasteiger partial charge < -0.3 is 0 Å². The van der Waals surface area contributed by atoms with Gasteiger partial charge in [0.1, 0.15) is 0 Å². The van der Waals surface area contributed by atoms with Gasteiger partial charge in [-0.1, -0.05) is 60.2 Å². The van der Waals surface area contributed by atoms with Gasteiger partial charge in [-0.05, 0) is 48.6 Å². The van der Waals surface area contributed by atoms with Gasteiger partial charge in [-0.25, -0.2) is 13.8 Å². The topological polar surface area (TPSA) is 78.8 Å². The predicted molar refractivity (Wildman–Crippen MR) is 129 cm³/mol. The highest BCUT2D eigenvalue weighted by atomic mass is 32.2. The van der Waals surface area contributed by atoms with Crippen molar-refractivity contribution in [3.8, 4) is 0 Å². The molecule has 0 saturated carbocycles. The molecule has 0 fully saturated rings. The molecule has 0 bridgehead atoms. The van der Waals surface area contributed by atoms with Crippen LogP contribution in [0.5, 0.6) is 0 Å². The number of hydrogen-bond donors (Lipinski definition) is 1. The lowest BCUT2D eigenvalue weighted by atomic mass is 10.2. The predicted octanol–water partition coefficient (Wildman–Crippen LogP) is 4.06. The van der Waals surface area contributed by atoms with Gasteiger partial charge in [-0.3, -0.25) is 4.79 Å². The number of sulfonamides is 1. The summed E-state index contributed by atoms with van der Waals surface area (Å²) in [6, 6.07) is 23.5. The van der Waals surface area contributed by atoms with Gasteiger partial charge >= 0.3 is 0 Å². The van der Waals surface area contributed by atoms with Gasteiger partial charge in [-0.15, -0.1) is 11.8 Å². The number of amides is 1. The molecular weight excluding hydrogens is 442 g/mol. The number of carbonyl (C=O) groups is 1. The van der Waals surface area contributed by atoms with Gasteiger partial charge in [-0.2, -0.15) is 9.41 Å². The second-order valence-corrected chi connectivity index (χ2v) is 9.96. The quantitative estimate of drug-likeness (QED) is 0.292. The van der Waals surface area contributed by atoms with Gasteiger partial charge in [0.2, 0.25) is 10.0 Å². The zero-order valence-electron chi connectivity index (χ0n) is 17.9. The van der Waals surface area contributed by atoms with E-state index in [0.717, 1.165) is 25.9 Å². The van der Waals surface area contributed by atoms with Crippen LogP contribution in [0.15, 0.2) is 93.8 Å². The molecule has 0 aliphatic carbocycles. The van der Waals surface area contributed by atoms with Crippen LogP contribution >= 0.6 is 11.8 Å². The van der Waals surface area contributed by atoms with Crippen molar-refractivity contribution in [2.24, 2.45) is 5.10 Å². The number of thioether (sulfide) groups is 1. The summed E-state index contributed by atoms with van der Waals surface area (Å²) in [5, 5.41) is 3.97. The highest BCUT2D eigenvalue weighted by molar-refractivity contribution is 7.98. The normalized spacial score (nSPS) is 11.7. The monoisotopic (exact) mass is 467 g/mol. The van der Waals surface area contributed by atoms with Gasteiger partial charge in [0.15, 0.2) is 0 Å². The van der Waals surface area contributed by atoms with Crippen molar-refractivity contribution in [1.82, 2.24) is 9.73 Å². The molecule has 0 aliphatic rings. The fraction of sp³-hybridized carbons (Fsp3) is 0.167. The SMILES string of the molecule is CSc1ccc(/C=N\NC(=O)CN(Cc2ccccc2)S(=O)(=O)c2ccc(C)cc2)cc1. The van der Waals surface area contributed by atoms with Crippen molar-refractivity contribution in [3.63, 3.8) is 0 Å². The van der Waals surface area contributed by atoms with Crippen LogP contribution < -0.4 is 5.43 Å². The second-order valence-electron chi connectivity index (χ2n) is 7.14. The van der Waals surface area contributed by atoms with Crippen molar-refractivity contribution in [3.05, 3.63) is 95.6 Å². The third kappa shape index (κ3) is 6.53. The van der Waals surface area contributed by atoms with E-state index in [-0.39, 0.29) is 18.0 Å². The molecule has 3 aromatic carbocycles. The summed E-state index contributed by atoms with van der Waals surface area (Å²) >= 11 is 1.64. The van der Waals surface area contributed by atoms with Crippen LogP contribution in [-0.2, 0) is 21.4 Å². The van der Waals surface area contributed by atoms with E-state index >= 15 is 0 Å². The number of nitrogens with one attached hydrogen (secondary N) is 1. The highest BCUT2D eigenvalue weighted by Crippen LogP contribution is 2.19. The number of nitrogens with zero attached hydrogens (tertiary/aromatic N) is 2. The van der Waals surface area contributed by atoms with Crippen molar-refractivity contribution >= 4 is 33.9 Å². The number of aryl methyl sites for hydroxylation is 1. The van der Waals surface area contributed by atoms with Crippen molar-refractivity contribution in [2.75, 3.05) is 12.8 Å². The summed E-state index contributed by atoms with van der Waals surface area (Å²) in [5.41, 5.74) is 5.00. The molecule has 3 aromatic rings. The minimum atomic E-state index is -3.88. The summed E-state index contributed by atoms with van der Waals surface area (Å²) in [5.74, 6) is -0.520. The molecular formula is C24H25N3O3S2. The third-order valence-electron chi connectivity index (χ3n) is 4.70. The molecule has 32 heavy (non-hydrogen) atoms. The number of hydrogen-bond acceptors (Lipinski definition) is 5. The molecule has 0 unspecified atom stereocenters.